The lowest BCUT2D eigenvalue weighted by atomic mass is 10.2. The highest BCUT2D eigenvalue weighted by atomic mass is 35.5. The molecular weight excluding hydrogens is 355 g/mol. The first-order valence-electron chi connectivity index (χ1n) is 6.72. The predicted octanol–water partition coefficient (Wildman–Crippen LogP) is 4.28. The largest absolute Gasteiger partial charge is 0.457 e. The fraction of sp³-hybridized carbons (Fsp3) is 0.125. The van der Waals surface area contributed by atoms with Crippen LogP contribution in [0.15, 0.2) is 40.4 Å². The van der Waals surface area contributed by atoms with E-state index in [0.717, 1.165) is 0 Å². The van der Waals surface area contributed by atoms with Gasteiger partial charge in [0.1, 0.15) is 17.2 Å². The Morgan fingerprint density at radius 2 is 1.87 bits per heavy atom. The summed E-state index contributed by atoms with van der Waals surface area (Å²) in [6, 6.07) is 8.88. The van der Waals surface area contributed by atoms with Crippen molar-refractivity contribution < 1.29 is 9.21 Å². The average Bonchev–Trinajstić information content (AvgIpc) is 3.06. The fourth-order valence-corrected chi connectivity index (χ4v) is 2.87. The molecule has 0 aliphatic carbocycles. The number of carbonyl (C=O) groups is 1. The molecule has 0 spiro atoms. The van der Waals surface area contributed by atoms with E-state index in [1.54, 1.807) is 49.3 Å². The maximum absolute atomic E-state index is 12.2. The number of amides is 1. The molecule has 0 radical (unpaired) electrons. The molecule has 2 aromatic rings. The van der Waals surface area contributed by atoms with Crippen LogP contribution in [-0.4, -0.2) is 34.9 Å². The van der Waals surface area contributed by atoms with E-state index >= 15 is 0 Å². The van der Waals surface area contributed by atoms with Gasteiger partial charge >= 0.3 is 0 Å². The van der Waals surface area contributed by atoms with Crippen molar-refractivity contribution in [3.05, 3.63) is 51.8 Å². The molecule has 1 saturated heterocycles. The number of likely N-dealkylation sites (N-methyl/N-ethyl adjacent to an activating group) is 2. The molecule has 0 saturated carbocycles. The Bertz CT molecular complexity index is 844. The molecule has 1 fully saturated rings. The van der Waals surface area contributed by atoms with Crippen molar-refractivity contribution in [3.63, 3.8) is 0 Å². The number of furan rings is 1. The van der Waals surface area contributed by atoms with Crippen molar-refractivity contribution in [2.75, 3.05) is 14.1 Å². The fourth-order valence-electron chi connectivity index (χ4n) is 2.29. The van der Waals surface area contributed by atoms with Crippen LogP contribution in [0.25, 0.3) is 17.4 Å². The smallest absolute Gasteiger partial charge is 0.276 e. The normalized spacial score (nSPS) is 16.8. The number of hydrogen-bond donors (Lipinski definition) is 0. The maximum atomic E-state index is 12.2. The minimum absolute atomic E-state index is 0.170. The van der Waals surface area contributed by atoms with Crippen LogP contribution in [0.3, 0.4) is 0 Å². The van der Waals surface area contributed by atoms with Gasteiger partial charge < -0.3 is 9.32 Å². The third kappa shape index (κ3) is 2.76. The maximum Gasteiger partial charge on any atom is 0.276 e. The van der Waals surface area contributed by atoms with Gasteiger partial charge in [0.25, 0.3) is 5.91 Å². The SMILES string of the molecule is CN1C(=O)/C(=C\c2ccc(-c3cccc(Cl)c3Cl)o2)N(C)C1=S. The first-order chi connectivity index (χ1) is 10.9. The third-order valence-electron chi connectivity index (χ3n) is 3.58. The molecule has 2 heterocycles. The zero-order valence-electron chi connectivity index (χ0n) is 12.3. The number of rotatable bonds is 2. The van der Waals surface area contributed by atoms with Gasteiger partial charge in [-0.1, -0.05) is 29.3 Å². The van der Waals surface area contributed by atoms with Crippen molar-refractivity contribution in [1.82, 2.24) is 9.80 Å². The number of hydrogen-bond acceptors (Lipinski definition) is 3. The summed E-state index contributed by atoms with van der Waals surface area (Å²) in [5, 5.41) is 1.33. The summed E-state index contributed by atoms with van der Waals surface area (Å²) in [5.74, 6) is 0.939. The van der Waals surface area contributed by atoms with E-state index in [-0.39, 0.29) is 5.91 Å². The van der Waals surface area contributed by atoms with E-state index < -0.39 is 0 Å². The summed E-state index contributed by atoms with van der Waals surface area (Å²) in [4.78, 5) is 15.2. The molecule has 1 amide bonds. The van der Waals surface area contributed by atoms with Gasteiger partial charge in [0.2, 0.25) is 0 Å². The first-order valence-corrected chi connectivity index (χ1v) is 7.88. The Balaban J connectivity index is 1.97. The summed E-state index contributed by atoms with van der Waals surface area (Å²) in [5.41, 5.74) is 1.15. The summed E-state index contributed by atoms with van der Waals surface area (Å²) in [6.45, 7) is 0. The van der Waals surface area contributed by atoms with Gasteiger partial charge in [-0.2, -0.15) is 0 Å². The van der Waals surface area contributed by atoms with Crippen LogP contribution in [0.4, 0.5) is 0 Å². The number of carbonyl (C=O) groups excluding carboxylic acids is 1. The van der Waals surface area contributed by atoms with E-state index in [9.17, 15) is 4.79 Å². The van der Waals surface area contributed by atoms with Gasteiger partial charge in [0.15, 0.2) is 5.11 Å². The lowest BCUT2D eigenvalue weighted by molar-refractivity contribution is -0.121. The Morgan fingerprint density at radius 1 is 1.13 bits per heavy atom. The number of halogens is 2. The van der Waals surface area contributed by atoms with Crippen molar-refractivity contribution in [2.45, 2.75) is 0 Å². The van der Waals surface area contributed by atoms with Gasteiger partial charge in [-0.25, -0.2) is 0 Å². The van der Waals surface area contributed by atoms with Crippen LogP contribution in [0.2, 0.25) is 10.0 Å². The van der Waals surface area contributed by atoms with E-state index in [2.05, 4.69) is 0 Å². The Kier molecular flexibility index (Phi) is 4.19. The van der Waals surface area contributed by atoms with Crippen molar-refractivity contribution >= 4 is 52.5 Å². The van der Waals surface area contributed by atoms with Gasteiger partial charge in [-0.05, 0) is 36.5 Å². The second-order valence-electron chi connectivity index (χ2n) is 5.04. The molecule has 4 nitrogen and oxygen atoms in total. The standard InChI is InChI=1S/C16H12Cl2N2O2S/c1-19-12(15(21)20(2)16(19)23)8-9-6-7-13(22-9)10-4-3-5-11(17)14(10)18/h3-8H,1-2H3/b12-8+. The highest BCUT2D eigenvalue weighted by Gasteiger charge is 2.33. The topological polar surface area (TPSA) is 36.7 Å². The number of benzene rings is 1. The molecule has 3 rings (SSSR count). The predicted molar refractivity (Wildman–Crippen MR) is 95.3 cm³/mol. The average molecular weight is 367 g/mol. The molecule has 1 aliphatic rings. The molecule has 0 bridgehead atoms. The number of thiocarbonyl (C=S) groups is 1. The van der Waals surface area contributed by atoms with Crippen LogP contribution in [0.5, 0.6) is 0 Å². The molecule has 0 unspecified atom stereocenters. The summed E-state index contributed by atoms with van der Waals surface area (Å²) < 4.78 is 5.77. The van der Waals surface area contributed by atoms with E-state index in [1.807, 2.05) is 6.07 Å². The quantitative estimate of drug-likeness (QED) is 0.586. The van der Waals surface area contributed by atoms with E-state index in [1.165, 1.54) is 4.90 Å². The molecule has 0 N–H and O–H groups in total. The zero-order chi connectivity index (χ0) is 16.7. The lowest BCUT2D eigenvalue weighted by Crippen LogP contribution is -2.26. The minimum Gasteiger partial charge on any atom is -0.457 e. The lowest BCUT2D eigenvalue weighted by Gasteiger charge is -2.10. The summed E-state index contributed by atoms with van der Waals surface area (Å²) in [7, 11) is 3.38. The monoisotopic (exact) mass is 366 g/mol. The first kappa shape index (κ1) is 16.1. The van der Waals surface area contributed by atoms with Gasteiger partial charge in [-0.15, -0.1) is 0 Å². The molecule has 1 aromatic heterocycles. The molecule has 1 aliphatic heterocycles. The van der Waals surface area contributed by atoms with Gasteiger partial charge in [-0.3, -0.25) is 9.69 Å². The summed E-state index contributed by atoms with van der Waals surface area (Å²) in [6.07, 6.45) is 1.65. The molecule has 118 valence electrons. The van der Waals surface area contributed by atoms with Crippen molar-refractivity contribution in [2.24, 2.45) is 0 Å². The molecule has 7 heteroatoms. The van der Waals surface area contributed by atoms with Crippen LogP contribution < -0.4 is 0 Å². The minimum atomic E-state index is -0.170. The second kappa shape index (κ2) is 6.00. The Morgan fingerprint density at radius 3 is 2.52 bits per heavy atom. The zero-order valence-corrected chi connectivity index (χ0v) is 14.7. The van der Waals surface area contributed by atoms with E-state index in [4.69, 9.17) is 39.8 Å². The van der Waals surface area contributed by atoms with Crippen molar-refractivity contribution in [1.29, 1.82) is 0 Å². The Labute approximate surface area is 148 Å². The van der Waals surface area contributed by atoms with Gasteiger partial charge in [0, 0.05) is 25.7 Å². The second-order valence-corrected chi connectivity index (χ2v) is 6.19. The van der Waals surface area contributed by atoms with Gasteiger partial charge in [0.05, 0.1) is 10.0 Å². The third-order valence-corrected chi connectivity index (χ3v) is 4.95. The summed E-state index contributed by atoms with van der Waals surface area (Å²) >= 11 is 17.4. The molecule has 23 heavy (non-hydrogen) atoms. The van der Waals surface area contributed by atoms with Crippen LogP contribution >= 0.6 is 35.4 Å². The molecular formula is C16H12Cl2N2O2S. The number of nitrogens with zero attached hydrogens (tertiary/aromatic N) is 2. The van der Waals surface area contributed by atoms with Crippen LogP contribution in [-0.2, 0) is 4.79 Å². The van der Waals surface area contributed by atoms with Crippen LogP contribution in [0, 0.1) is 0 Å². The van der Waals surface area contributed by atoms with E-state index in [0.29, 0.717) is 37.9 Å². The highest BCUT2D eigenvalue weighted by Crippen LogP contribution is 2.34. The van der Waals surface area contributed by atoms with Crippen LogP contribution in [0.1, 0.15) is 5.76 Å². The Hall–Kier alpha value is -1.82. The highest BCUT2D eigenvalue weighted by molar-refractivity contribution is 7.80. The van der Waals surface area contributed by atoms with Crippen molar-refractivity contribution in [3.8, 4) is 11.3 Å². The molecule has 0 atom stereocenters. The molecule has 1 aromatic carbocycles.